The topological polar surface area (TPSA) is 105 Å². The van der Waals surface area contributed by atoms with Crippen molar-refractivity contribution in [1.82, 2.24) is 14.1 Å². The third-order valence-corrected chi connectivity index (χ3v) is 6.93. The van der Waals surface area contributed by atoms with Crippen molar-refractivity contribution in [2.75, 3.05) is 18.4 Å². The molecular formula is C21H22N4O4S. The monoisotopic (exact) mass is 426 g/mol. The Bertz CT molecular complexity index is 1180. The van der Waals surface area contributed by atoms with Crippen molar-refractivity contribution >= 4 is 21.6 Å². The lowest BCUT2D eigenvalue weighted by Gasteiger charge is -2.16. The third kappa shape index (κ3) is 3.81. The van der Waals surface area contributed by atoms with Crippen LogP contribution in [0.15, 0.2) is 59.5 Å². The van der Waals surface area contributed by atoms with Gasteiger partial charge in [-0.3, -0.25) is 4.79 Å². The summed E-state index contributed by atoms with van der Waals surface area (Å²) >= 11 is 0. The first-order chi connectivity index (χ1) is 14.4. The molecule has 1 aromatic heterocycles. The van der Waals surface area contributed by atoms with Gasteiger partial charge in [0.25, 0.3) is 5.91 Å². The number of aromatic hydroxyl groups is 1. The summed E-state index contributed by atoms with van der Waals surface area (Å²) in [6.45, 7) is 2.78. The van der Waals surface area contributed by atoms with E-state index in [0.717, 1.165) is 24.2 Å². The third-order valence-electron chi connectivity index (χ3n) is 5.04. The van der Waals surface area contributed by atoms with Crippen LogP contribution in [-0.2, 0) is 10.0 Å². The van der Waals surface area contributed by atoms with Crippen LogP contribution in [-0.4, -0.2) is 46.6 Å². The van der Waals surface area contributed by atoms with E-state index in [-0.39, 0.29) is 22.0 Å². The highest BCUT2D eigenvalue weighted by atomic mass is 32.2. The van der Waals surface area contributed by atoms with Crippen LogP contribution in [0.3, 0.4) is 0 Å². The summed E-state index contributed by atoms with van der Waals surface area (Å²) in [7, 11) is -3.67. The summed E-state index contributed by atoms with van der Waals surface area (Å²) in [5.41, 5.74) is 1.76. The Morgan fingerprint density at radius 1 is 1.07 bits per heavy atom. The molecule has 1 aliphatic heterocycles. The zero-order valence-electron chi connectivity index (χ0n) is 16.4. The molecule has 156 valence electrons. The molecule has 1 saturated heterocycles. The number of benzene rings is 2. The van der Waals surface area contributed by atoms with Crippen LogP contribution in [0.2, 0.25) is 0 Å². The molecule has 1 aliphatic rings. The van der Waals surface area contributed by atoms with Crippen LogP contribution in [0.4, 0.5) is 5.69 Å². The van der Waals surface area contributed by atoms with E-state index in [1.54, 1.807) is 10.7 Å². The number of nitrogens with zero attached hydrogens (tertiary/aromatic N) is 3. The molecular weight excluding hydrogens is 404 g/mol. The van der Waals surface area contributed by atoms with Crippen LogP contribution in [0.5, 0.6) is 5.75 Å². The van der Waals surface area contributed by atoms with Crippen molar-refractivity contribution in [3.8, 4) is 11.4 Å². The fourth-order valence-electron chi connectivity index (χ4n) is 3.46. The molecule has 0 saturated carbocycles. The van der Waals surface area contributed by atoms with Gasteiger partial charge in [0.1, 0.15) is 5.75 Å². The number of phenolic OH excluding ortho intramolecular Hbond substituents is 1. The number of anilines is 1. The smallest absolute Gasteiger partial charge is 0.276 e. The second-order valence-electron chi connectivity index (χ2n) is 7.16. The van der Waals surface area contributed by atoms with E-state index in [4.69, 9.17) is 0 Å². The minimum atomic E-state index is -3.67. The first-order valence-electron chi connectivity index (χ1n) is 9.63. The predicted molar refractivity (Wildman–Crippen MR) is 112 cm³/mol. The number of amides is 1. The van der Waals surface area contributed by atoms with Gasteiger partial charge in [-0.15, -0.1) is 0 Å². The molecule has 1 amide bonds. The Hall–Kier alpha value is -3.17. The van der Waals surface area contributed by atoms with E-state index in [1.807, 2.05) is 37.3 Å². The molecule has 3 aromatic rings. The molecule has 30 heavy (non-hydrogen) atoms. The maximum Gasteiger partial charge on any atom is 0.276 e. The molecule has 4 rings (SSSR count). The fourth-order valence-corrected chi connectivity index (χ4v) is 5.00. The number of nitrogens with one attached hydrogen (secondary N) is 1. The van der Waals surface area contributed by atoms with Gasteiger partial charge in [-0.05, 0) is 56.2 Å². The molecule has 0 unspecified atom stereocenters. The lowest BCUT2D eigenvalue weighted by atomic mass is 10.2. The average molecular weight is 426 g/mol. The van der Waals surface area contributed by atoms with Gasteiger partial charge in [0.2, 0.25) is 10.0 Å². The number of sulfonamides is 1. The Labute approximate surface area is 174 Å². The molecule has 1 fully saturated rings. The van der Waals surface area contributed by atoms with E-state index < -0.39 is 15.9 Å². The maximum atomic E-state index is 12.8. The van der Waals surface area contributed by atoms with E-state index in [1.165, 1.54) is 22.5 Å². The first-order valence-corrected chi connectivity index (χ1v) is 11.1. The average Bonchev–Trinajstić information content (AvgIpc) is 3.40. The summed E-state index contributed by atoms with van der Waals surface area (Å²) in [6, 6.07) is 14.9. The van der Waals surface area contributed by atoms with Gasteiger partial charge in [-0.25, -0.2) is 13.1 Å². The van der Waals surface area contributed by atoms with E-state index >= 15 is 0 Å². The van der Waals surface area contributed by atoms with Crippen LogP contribution in [0, 0.1) is 6.92 Å². The summed E-state index contributed by atoms with van der Waals surface area (Å²) in [5, 5.41) is 17.1. The van der Waals surface area contributed by atoms with E-state index in [0.29, 0.717) is 13.1 Å². The van der Waals surface area contributed by atoms with Crippen LogP contribution in [0.25, 0.3) is 5.69 Å². The number of rotatable bonds is 5. The quantitative estimate of drug-likeness (QED) is 0.611. The van der Waals surface area contributed by atoms with Crippen LogP contribution >= 0.6 is 0 Å². The second kappa shape index (κ2) is 7.92. The SMILES string of the molecule is Cc1cc(C(=O)Nc2cc(S(=O)(=O)N3CCCC3)ccc2O)nn1-c1ccccc1. The maximum absolute atomic E-state index is 12.8. The highest BCUT2D eigenvalue weighted by Crippen LogP contribution is 2.29. The largest absolute Gasteiger partial charge is 0.506 e. The van der Waals surface area contributed by atoms with Crippen molar-refractivity contribution in [3.05, 3.63) is 66.0 Å². The molecule has 9 heteroatoms. The van der Waals surface area contributed by atoms with Gasteiger partial charge in [-0.1, -0.05) is 18.2 Å². The van der Waals surface area contributed by atoms with Crippen LogP contribution in [0.1, 0.15) is 29.0 Å². The summed E-state index contributed by atoms with van der Waals surface area (Å²) in [4.78, 5) is 12.8. The molecule has 2 N–H and O–H groups in total. The second-order valence-corrected chi connectivity index (χ2v) is 9.10. The van der Waals surface area contributed by atoms with Gasteiger partial charge < -0.3 is 10.4 Å². The van der Waals surface area contributed by atoms with E-state index in [9.17, 15) is 18.3 Å². The Kier molecular flexibility index (Phi) is 5.31. The number of aromatic nitrogens is 2. The van der Waals surface area contributed by atoms with Gasteiger partial charge in [0.05, 0.1) is 16.3 Å². The molecule has 2 heterocycles. The van der Waals surface area contributed by atoms with Gasteiger partial charge >= 0.3 is 0 Å². The predicted octanol–water partition coefficient (Wildman–Crippen LogP) is 2.92. The standard InChI is InChI=1S/C21H22N4O4S/c1-15-13-19(23-25(15)16-7-3-2-4-8-16)21(27)22-18-14-17(9-10-20(18)26)30(28,29)24-11-5-6-12-24/h2-4,7-10,13-14,26H,5-6,11-12H2,1H3,(H,22,27). The molecule has 0 radical (unpaired) electrons. The number of hydrogen-bond donors (Lipinski definition) is 2. The van der Waals surface area contributed by atoms with Gasteiger partial charge in [0, 0.05) is 18.8 Å². The minimum absolute atomic E-state index is 0.0205. The summed E-state index contributed by atoms with van der Waals surface area (Å²) in [6.07, 6.45) is 1.65. The van der Waals surface area contributed by atoms with E-state index in [2.05, 4.69) is 10.4 Å². The van der Waals surface area contributed by atoms with Crippen molar-refractivity contribution in [2.24, 2.45) is 0 Å². The number of para-hydroxylation sites is 1. The zero-order chi connectivity index (χ0) is 21.3. The lowest BCUT2D eigenvalue weighted by molar-refractivity contribution is 0.102. The summed E-state index contributed by atoms with van der Waals surface area (Å²) < 4.78 is 28.6. The van der Waals surface area contributed by atoms with Crippen LogP contribution < -0.4 is 5.32 Å². The Balaban J connectivity index is 1.60. The summed E-state index contributed by atoms with van der Waals surface area (Å²) in [5.74, 6) is -0.762. The molecule has 0 atom stereocenters. The number of phenols is 1. The first kappa shape index (κ1) is 20.1. The molecule has 2 aromatic carbocycles. The zero-order valence-corrected chi connectivity index (χ0v) is 17.3. The van der Waals surface area contributed by atoms with Gasteiger partial charge in [0.15, 0.2) is 5.69 Å². The molecule has 0 spiro atoms. The minimum Gasteiger partial charge on any atom is -0.506 e. The number of carbonyl (C=O) groups excluding carboxylic acids is 1. The lowest BCUT2D eigenvalue weighted by Crippen LogP contribution is -2.28. The van der Waals surface area contributed by atoms with Gasteiger partial charge in [-0.2, -0.15) is 9.40 Å². The Morgan fingerprint density at radius 2 is 1.77 bits per heavy atom. The normalized spacial score (nSPS) is 14.7. The number of aryl methyl sites for hydroxylation is 1. The number of carbonyl (C=O) groups is 1. The molecule has 8 nitrogen and oxygen atoms in total. The van der Waals surface area contributed by atoms with Crippen molar-refractivity contribution < 1.29 is 18.3 Å². The highest BCUT2D eigenvalue weighted by molar-refractivity contribution is 7.89. The van der Waals surface area contributed by atoms with Crippen molar-refractivity contribution in [3.63, 3.8) is 0 Å². The Morgan fingerprint density at radius 3 is 2.47 bits per heavy atom. The number of hydrogen-bond acceptors (Lipinski definition) is 5. The molecule has 0 aliphatic carbocycles. The van der Waals surface area contributed by atoms with Crippen molar-refractivity contribution in [1.29, 1.82) is 0 Å². The molecule has 0 bridgehead atoms. The van der Waals surface area contributed by atoms with Crippen molar-refractivity contribution in [2.45, 2.75) is 24.7 Å². The highest BCUT2D eigenvalue weighted by Gasteiger charge is 2.28. The fraction of sp³-hybridized carbons (Fsp3) is 0.238.